The Hall–Kier alpha value is -0.870. The average molecular weight is 257 g/mol. The van der Waals surface area contributed by atoms with Crippen molar-refractivity contribution < 1.29 is 4.79 Å². The van der Waals surface area contributed by atoms with E-state index in [-0.39, 0.29) is 5.91 Å². The Kier molecular flexibility index (Phi) is 3.66. The van der Waals surface area contributed by atoms with Crippen molar-refractivity contribution in [3.8, 4) is 0 Å². The smallest absolute Gasteiger partial charge is 0.240 e. The maximum absolute atomic E-state index is 11.3. The number of rotatable bonds is 2. The zero-order valence-corrected chi connectivity index (χ0v) is 9.76. The van der Waals surface area contributed by atoms with Gasteiger partial charge in [0.15, 0.2) is 0 Å². The number of nitrogens with one attached hydrogen (secondary N) is 1. The van der Waals surface area contributed by atoms with Crippen molar-refractivity contribution in [1.29, 1.82) is 0 Å². The number of aryl methyl sites for hydroxylation is 1. The van der Waals surface area contributed by atoms with E-state index in [1.165, 1.54) is 0 Å². The molecule has 1 amide bonds. The van der Waals surface area contributed by atoms with Crippen LogP contribution in [0.1, 0.15) is 12.5 Å². The lowest BCUT2D eigenvalue weighted by Gasteiger charge is -2.08. The Bertz CT molecular complexity index is 350. The molecule has 0 spiro atoms. The molecule has 0 fully saturated rings. The van der Waals surface area contributed by atoms with Gasteiger partial charge in [0, 0.05) is 10.2 Å². The van der Waals surface area contributed by atoms with Gasteiger partial charge < -0.3 is 11.1 Å². The first-order valence-corrected chi connectivity index (χ1v) is 5.12. The first kappa shape index (κ1) is 11.2. The molecule has 3 N–H and O–H groups in total. The highest BCUT2D eigenvalue weighted by molar-refractivity contribution is 9.10. The zero-order chi connectivity index (χ0) is 10.7. The van der Waals surface area contributed by atoms with Crippen molar-refractivity contribution in [2.75, 3.05) is 5.32 Å². The number of carbonyl (C=O) groups excluding carboxylic acids is 1. The molecular formula is C10H13BrN2O. The van der Waals surface area contributed by atoms with Crippen LogP contribution in [0.15, 0.2) is 22.7 Å². The molecule has 14 heavy (non-hydrogen) atoms. The summed E-state index contributed by atoms with van der Waals surface area (Å²) in [6, 6.07) is 5.15. The second kappa shape index (κ2) is 4.57. The number of anilines is 1. The van der Waals surface area contributed by atoms with Crippen LogP contribution in [0.3, 0.4) is 0 Å². The van der Waals surface area contributed by atoms with Gasteiger partial charge in [-0.05, 0) is 31.5 Å². The molecule has 3 nitrogen and oxygen atoms in total. The number of hydrogen-bond donors (Lipinski definition) is 2. The van der Waals surface area contributed by atoms with E-state index in [0.29, 0.717) is 0 Å². The molecule has 0 saturated carbocycles. The van der Waals surface area contributed by atoms with Gasteiger partial charge in [-0.2, -0.15) is 0 Å². The second-order valence-corrected chi connectivity index (χ2v) is 4.10. The lowest BCUT2D eigenvalue weighted by molar-refractivity contribution is -0.117. The molecule has 0 aromatic heterocycles. The minimum Gasteiger partial charge on any atom is -0.325 e. The zero-order valence-electron chi connectivity index (χ0n) is 8.17. The lowest BCUT2D eigenvalue weighted by Crippen LogP contribution is -2.32. The third kappa shape index (κ3) is 2.82. The van der Waals surface area contributed by atoms with Crippen molar-refractivity contribution in [3.05, 3.63) is 28.2 Å². The molecule has 0 aliphatic carbocycles. The van der Waals surface area contributed by atoms with E-state index in [0.717, 1.165) is 15.7 Å². The Morgan fingerprint density at radius 3 is 2.71 bits per heavy atom. The van der Waals surface area contributed by atoms with E-state index in [1.54, 1.807) is 6.92 Å². The molecule has 0 aliphatic rings. The summed E-state index contributed by atoms with van der Waals surface area (Å²) in [7, 11) is 0. The van der Waals surface area contributed by atoms with Crippen LogP contribution in [0.5, 0.6) is 0 Å². The summed E-state index contributed by atoms with van der Waals surface area (Å²) in [6.45, 7) is 3.64. The Morgan fingerprint density at radius 1 is 1.57 bits per heavy atom. The van der Waals surface area contributed by atoms with Crippen molar-refractivity contribution in [3.63, 3.8) is 0 Å². The van der Waals surface area contributed by atoms with Crippen molar-refractivity contribution in [2.24, 2.45) is 5.73 Å². The quantitative estimate of drug-likeness (QED) is 0.851. The van der Waals surface area contributed by atoms with E-state index in [2.05, 4.69) is 21.2 Å². The minimum atomic E-state index is -0.491. The highest BCUT2D eigenvalue weighted by atomic mass is 79.9. The fraction of sp³-hybridized carbons (Fsp3) is 0.300. The van der Waals surface area contributed by atoms with Gasteiger partial charge >= 0.3 is 0 Å². The largest absolute Gasteiger partial charge is 0.325 e. The number of carbonyl (C=O) groups is 1. The number of benzene rings is 1. The van der Waals surface area contributed by atoms with Gasteiger partial charge in [0.25, 0.3) is 0 Å². The van der Waals surface area contributed by atoms with Gasteiger partial charge in [-0.15, -0.1) is 0 Å². The summed E-state index contributed by atoms with van der Waals surface area (Å²) in [5, 5.41) is 2.72. The van der Waals surface area contributed by atoms with Crippen LogP contribution >= 0.6 is 15.9 Å². The monoisotopic (exact) mass is 256 g/mol. The standard InChI is InChI=1S/C10H13BrN2O/c1-6-3-4-8(5-9(6)11)13-10(14)7(2)12/h3-5,7H,12H2,1-2H3,(H,13,14). The second-order valence-electron chi connectivity index (χ2n) is 3.24. The summed E-state index contributed by atoms with van der Waals surface area (Å²) >= 11 is 3.39. The molecule has 76 valence electrons. The van der Waals surface area contributed by atoms with Crippen LogP contribution < -0.4 is 11.1 Å². The number of hydrogen-bond acceptors (Lipinski definition) is 2. The summed E-state index contributed by atoms with van der Waals surface area (Å²) < 4.78 is 0.972. The third-order valence-corrected chi connectivity index (χ3v) is 2.71. The first-order valence-electron chi connectivity index (χ1n) is 4.33. The summed E-state index contributed by atoms with van der Waals surface area (Å²) in [6.07, 6.45) is 0. The maximum Gasteiger partial charge on any atom is 0.240 e. The molecule has 1 aromatic rings. The molecular weight excluding hydrogens is 244 g/mol. The molecule has 1 aromatic carbocycles. The Labute approximate surface area is 91.8 Å². The number of nitrogens with two attached hydrogens (primary N) is 1. The van der Waals surface area contributed by atoms with Gasteiger partial charge in [-0.1, -0.05) is 22.0 Å². The van der Waals surface area contributed by atoms with Gasteiger partial charge in [-0.25, -0.2) is 0 Å². The fourth-order valence-corrected chi connectivity index (χ4v) is 1.31. The molecule has 1 rings (SSSR count). The van der Waals surface area contributed by atoms with Gasteiger partial charge in [0.1, 0.15) is 0 Å². The van der Waals surface area contributed by atoms with E-state index >= 15 is 0 Å². The van der Waals surface area contributed by atoms with Gasteiger partial charge in [-0.3, -0.25) is 4.79 Å². The van der Waals surface area contributed by atoms with E-state index in [4.69, 9.17) is 5.73 Å². The van der Waals surface area contributed by atoms with Crippen molar-refractivity contribution in [1.82, 2.24) is 0 Å². The van der Waals surface area contributed by atoms with Crippen LogP contribution in [0.4, 0.5) is 5.69 Å². The molecule has 0 bridgehead atoms. The topological polar surface area (TPSA) is 55.1 Å². The highest BCUT2D eigenvalue weighted by Gasteiger charge is 2.07. The molecule has 0 radical (unpaired) electrons. The molecule has 1 atom stereocenters. The van der Waals surface area contributed by atoms with E-state index in [9.17, 15) is 4.79 Å². The van der Waals surface area contributed by atoms with E-state index in [1.807, 2.05) is 25.1 Å². The maximum atomic E-state index is 11.3. The van der Waals surface area contributed by atoms with E-state index < -0.39 is 6.04 Å². The molecule has 1 unspecified atom stereocenters. The van der Waals surface area contributed by atoms with Crippen LogP contribution in [0.25, 0.3) is 0 Å². The summed E-state index contributed by atoms with van der Waals surface area (Å²) in [5.74, 6) is -0.180. The molecule has 4 heteroatoms. The van der Waals surface area contributed by atoms with Crippen LogP contribution in [0, 0.1) is 6.92 Å². The van der Waals surface area contributed by atoms with Crippen molar-refractivity contribution >= 4 is 27.5 Å². The average Bonchev–Trinajstić information content (AvgIpc) is 2.11. The summed E-state index contributed by atoms with van der Waals surface area (Å²) in [5.41, 5.74) is 7.31. The normalized spacial score (nSPS) is 12.3. The van der Waals surface area contributed by atoms with Crippen molar-refractivity contribution in [2.45, 2.75) is 19.9 Å². The lowest BCUT2D eigenvalue weighted by atomic mass is 10.2. The van der Waals surface area contributed by atoms with Crippen LogP contribution in [0.2, 0.25) is 0 Å². The Morgan fingerprint density at radius 2 is 2.21 bits per heavy atom. The molecule has 0 saturated heterocycles. The summed E-state index contributed by atoms with van der Waals surface area (Å²) in [4.78, 5) is 11.3. The highest BCUT2D eigenvalue weighted by Crippen LogP contribution is 2.20. The number of amides is 1. The number of halogens is 1. The molecule has 0 aliphatic heterocycles. The SMILES string of the molecule is Cc1ccc(NC(=O)C(C)N)cc1Br. The Balaban J connectivity index is 2.78. The first-order chi connectivity index (χ1) is 6.50. The van der Waals surface area contributed by atoms with Crippen LogP contribution in [-0.2, 0) is 4.79 Å². The van der Waals surface area contributed by atoms with Gasteiger partial charge in [0.2, 0.25) is 5.91 Å². The van der Waals surface area contributed by atoms with Gasteiger partial charge in [0.05, 0.1) is 6.04 Å². The minimum absolute atomic E-state index is 0.180. The van der Waals surface area contributed by atoms with Crippen LogP contribution in [-0.4, -0.2) is 11.9 Å². The predicted octanol–water partition coefficient (Wildman–Crippen LogP) is 2.04. The predicted molar refractivity (Wildman–Crippen MR) is 61.2 cm³/mol. The fourth-order valence-electron chi connectivity index (χ4n) is 0.927. The molecule has 0 heterocycles. The third-order valence-electron chi connectivity index (χ3n) is 1.85.